The Balaban J connectivity index is 1.63. The van der Waals surface area contributed by atoms with Crippen molar-refractivity contribution in [1.82, 2.24) is 10.2 Å². The zero-order chi connectivity index (χ0) is 13.9. The van der Waals surface area contributed by atoms with E-state index in [2.05, 4.69) is 15.5 Å². The van der Waals surface area contributed by atoms with E-state index < -0.39 is 0 Å². The first-order chi connectivity index (χ1) is 9.76. The predicted octanol–water partition coefficient (Wildman–Crippen LogP) is 2.61. The molecule has 0 atom stereocenters. The van der Waals surface area contributed by atoms with Crippen molar-refractivity contribution in [2.45, 2.75) is 25.2 Å². The largest absolute Gasteiger partial charge is 0.496 e. The van der Waals surface area contributed by atoms with Crippen LogP contribution in [0, 0.1) is 0 Å². The molecule has 1 amide bonds. The predicted molar refractivity (Wildman–Crippen MR) is 77.2 cm³/mol. The van der Waals surface area contributed by atoms with Crippen molar-refractivity contribution in [3.63, 3.8) is 0 Å². The summed E-state index contributed by atoms with van der Waals surface area (Å²) in [4.78, 5) is 12.0. The number of hydrogen-bond donors (Lipinski definition) is 1. The van der Waals surface area contributed by atoms with E-state index in [0.29, 0.717) is 11.0 Å². The molecule has 1 heterocycles. The molecule has 1 saturated carbocycles. The number of ether oxygens (including phenoxy) is 1. The summed E-state index contributed by atoms with van der Waals surface area (Å²) < 4.78 is 5.23. The molecule has 5 nitrogen and oxygen atoms in total. The zero-order valence-electron chi connectivity index (χ0n) is 11.1. The second-order valence-corrected chi connectivity index (χ2v) is 5.77. The van der Waals surface area contributed by atoms with Gasteiger partial charge in [-0.3, -0.25) is 4.79 Å². The van der Waals surface area contributed by atoms with Crippen molar-refractivity contribution in [1.29, 1.82) is 0 Å². The summed E-state index contributed by atoms with van der Waals surface area (Å²) in [5, 5.41) is 12.5. The zero-order valence-corrected chi connectivity index (χ0v) is 11.9. The summed E-state index contributed by atoms with van der Waals surface area (Å²) in [5.41, 5.74) is 0.861. The molecule has 0 bridgehead atoms. The molecule has 1 fully saturated rings. The van der Waals surface area contributed by atoms with Crippen molar-refractivity contribution in [3.05, 3.63) is 34.8 Å². The molecular formula is C14H15N3O2S. The molecule has 1 aromatic heterocycles. The first-order valence-electron chi connectivity index (χ1n) is 6.51. The first-order valence-corrected chi connectivity index (χ1v) is 7.33. The topological polar surface area (TPSA) is 64.1 Å². The SMILES string of the molecule is COc1ccccc1CC(=O)Nc1nnc(C2CC2)s1. The molecule has 1 aliphatic carbocycles. The number of hydrogen-bond acceptors (Lipinski definition) is 5. The average Bonchev–Trinajstić information content (AvgIpc) is 3.20. The molecular weight excluding hydrogens is 274 g/mol. The van der Waals surface area contributed by atoms with Gasteiger partial charge in [0.25, 0.3) is 0 Å². The van der Waals surface area contributed by atoms with Gasteiger partial charge in [-0.2, -0.15) is 0 Å². The van der Waals surface area contributed by atoms with E-state index >= 15 is 0 Å². The Kier molecular flexibility index (Phi) is 3.64. The van der Waals surface area contributed by atoms with Crippen LogP contribution in [0.3, 0.4) is 0 Å². The third-order valence-electron chi connectivity index (χ3n) is 3.16. The van der Waals surface area contributed by atoms with Crippen molar-refractivity contribution in [3.8, 4) is 5.75 Å². The molecule has 1 aliphatic rings. The van der Waals surface area contributed by atoms with Gasteiger partial charge < -0.3 is 10.1 Å². The lowest BCUT2D eigenvalue weighted by molar-refractivity contribution is -0.115. The van der Waals surface area contributed by atoms with Crippen LogP contribution in [0.2, 0.25) is 0 Å². The van der Waals surface area contributed by atoms with Crippen LogP contribution >= 0.6 is 11.3 Å². The number of methoxy groups -OCH3 is 1. The van der Waals surface area contributed by atoms with Crippen LogP contribution in [0.1, 0.15) is 29.3 Å². The van der Waals surface area contributed by atoms with Crippen molar-refractivity contribution in [2.75, 3.05) is 12.4 Å². The molecule has 0 aliphatic heterocycles. The summed E-state index contributed by atoms with van der Waals surface area (Å²) in [5.74, 6) is 1.18. The molecule has 20 heavy (non-hydrogen) atoms. The first kappa shape index (κ1) is 13.1. The van der Waals surface area contributed by atoms with Crippen LogP contribution in [-0.4, -0.2) is 23.2 Å². The molecule has 0 saturated heterocycles. The van der Waals surface area contributed by atoms with Crippen molar-refractivity contribution < 1.29 is 9.53 Å². The molecule has 3 rings (SSSR count). The van der Waals surface area contributed by atoms with Crippen LogP contribution in [0.25, 0.3) is 0 Å². The molecule has 6 heteroatoms. The monoisotopic (exact) mass is 289 g/mol. The minimum absolute atomic E-state index is 0.104. The second kappa shape index (κ2) is 5.58. The highest BCUT2D eigenvalue weighted by Crippen LogP contribution is 2.42. The lowest BCUT2D eigenvalue weighted by atomic mass is 10.1. The van der Waals surface area contributed by atoms with Crippen LogP contribution < -0.4 is 10.1 Å². The maximum absolute atomic E-state index is 12.0. The Bertz CT molecular complexity index is 622. The number of carbonyl (C=O) groups excluding carboxylic acids is 1. The van der Waals surface area contributed by atoms with Gasteiger partial charge in [0, 0.05) is 11.5 Å². The van der Waals surface area contributed by atoms with E-state index in [9.17, 15) is 4.79 Å². The Morgan fingerprint density at radius 1 is 1.40 bits per heavy atom. The summed E-state index contributed by atoms with van der Waals surface area (Å²) in [7, 11) is 1.60. The van der Waals surface area contributed by atoms with Gasteiger partial charge in [0.05, 0.1) is 13.5 Å². The molecule has 0 unspecified atom stereocenters. The van der Waals surface area contributed by atoms with E-state index in [1.54, 1.807) is 7.11 Å². The number of para-hydroxylation sites is 1. The Morgan fingerprint density at radius 2 is 2.20 bits per heavy atom. The summed E-state index contributed by atoms with van der Waals surface area (Å²) >= 11 is 1.47. The second-order valence-electron chi connectivity index (χ2n) is 4.76. The number of benzene rings is 1. The standard InChI is InChI=1S/C14H15N3O2S/c1-19-11-5-3-2-4-10(11)8-12(18)15-14-17-16-13(20-14)9-6-7-9/h2-5,9H,6-8H2,1H3,(H,15,17,18). The Labute approximate surface area is 121 Å². The van der Waals surface area contributed by atoms with Gasteiger partial charge in [0.1, 0.15) is 10.8 Å². The maximum Gasteiger partial charge on any atom is 0.230 e. The van der Waals surface area contributed by atoms with Crippen LogP contribution in [0.5, 0.6) is 5.75 Å². The molecule has 0 radical (unpaired) electrons. The van der Waals surface area contributed by atoms with E-state index in [1.807, 2.05) is 24.3 Å². The van der Waals surface area contributed by atoms with Gasteiger partial charge in [-0.15, -0.1) is 10.2 Å². The van der Waals surface area contributed by atoms with E-state index in [-0.39, 0.29) is 12.3 Å². The number of rotatable bonds is 5. The fourth-order valence-corrected chi connectivity index (χ4v) is 2.89. The Hall–Kier alpha value is -1.95. The number of carbonyl (C=O) groups is 1. The fraction of sp³-hybridized carbons (Fsp3) is 0.357. The van der Waals surface area contributed by atoms with E-state index in [4.69, 9.17) is 4.74 Å². The van der Waals surface area contributed by atoms with Gasteiger partial charge in [0.2, 0.25) is 11.0 Å². The van der Waals surface area contributed by atoms with Crippen LogP contribution in [-0.2, 0) is 11.2 Å². The third-order valence-corrected chi connectivity index (χ3v) is 4.16. The smallest absolute Gasteiger partial charge is 0.230 e. The van der Waals surface area contributed by atoms with E-state index in [0.717, 1.165) is 16.3 Å². The van der Waals surface area contributed by atoms with Gasteiger partial charge in [0.15, 0.2) is 0 Å². The molecule has 0 spiro atoms. The van der Waals surface area contributed by atoms with Gasteiger partial charge in [-0.05, 0) is 18.9 Å². The number of nitrogens with zero attached hydrogens (tertiary/aromatic N) is 2. The lowest BCUT2D eigenvalue weighted by Crippen LogP contribution is -2.14. The van der Waals surface area contributed by atoms with Crippen LogP contribution in [0.4, 0.5) is 5.13 Å². The highest BCUT2D eigenvalue weighted by Gasteiger charge is 2.27. The van der Waals surface area contributed by atoms with Gasteiger partial charge in [-0.1, -0.05) is 29.5 Å². The minimum atomic E-state index is -0.104. The maximum atomic E-state index is 12.0. The van der Waals surface area contributed by atoms with Gasteiger partial charge in [-0.25, -0.2) is 0 Å². The Morgan fingerprint density at radius 3 is 2.95 bits per heavy atom. The highest BCUT2D eigenvalue weighted by atomic mass is 32.1. The number of amides is 1. The summed E-state index contributed by atoms with van der Waals surface area (Å²) in [6.07, 6.45) is 2.63. The minimum Gasteiger partial charge on any atom is -0.496 e. The molecule has 2 aromatic rings. The third kappa shape index (κ3) is 2.96. The number of aromatic nitrogens is 2. The number of nitrogens with one attached hydrogen (secondary N) is 1. The quantitative estimate of drug-likeness (QED) is 0.919. The molecule has 1 N–H and O–H groups in total. The van der Waals surface area contributed by atoms with Gasteiger partial charge >= 0.3 is 0 Å². The van der Waals surface area contributed by atoms with Crippen molar-refractivity contribution in [2.24, 2.45) is 0 Å². The summed E-state index contributed by atoms with van der Waals surface area (Å²) in [6.45, 7) is 0. The normalized spacial score (nSPS) is 14.1. The fourth-order valence-electron chi connectivity index (χ4n) is 1.97. The molecule has 104 valence electrons. The van der Waals surface area contributed by atoms with Crippen LogP contribution in [0.15, 0.2) is 24.3 Å². The average molecular weight is 289 g/mol. The highest BCUT2D eigenvalue weighted by molar-refractivity contribution is 7.15. The molecule has 1 aromatic carbocycles. The van der Waals surface area contributed by atoms with E-state index in [1.165, 1.54) is 24.2 Å². The lowest BCUT2D eigenvalue weighted by Gasteiger charge is -2.07. The summed E-state index contributed by atoms with van der Waals surface area (Å²) in [6, 6.07) is 7.50. The van der Waals surface area contributed by atoms with Crippen molar-refractivity contribution >= 4 is 22.4 Å². The number of anilines is 1.